The standard InChI is InChI=1S/C24H28ClF3N2O4S/c1-16(15-31)29-23(32)18-8-6-17(7-9-18)14-30(22-5-3-2-4-21(22)24(26,27)28)35(33,34)20-12-10-19(25)11-13-20/h6-13,16,21-22,31H,2-5,14-15H2,1H3,(H,29,32)/t16-,21?,22?/m0/s1. The number of halogens is 4. The van der Waals surface area contributed by atoms with Gasteiger partial charge in [0.25, 0.3) is 5.91 Å². The Labute approximate surface area is 208 Å². The van der Waals surface area contributed by atoms with Crippen LogP contribution in [0, 0.1) is 5.92 Å². The third-order valence-corrected chi connectivity index (χ3v) is 8.28. The molecular formula is C24H28ClF3N2O4S. The summed E-state index contributed by atoms with van der Waals surface area (Å²) in [5.74, 6) is -2.20. The molecule has 1 amide bonds. The fraction of sp³-hybridized carbons (Fsp3) is 0.458. The molecule has 35 heavy (non-hydrogen) atoms. The molecule has 1 aliphatic rings. The molecule has 0 spiro atoms. The lowest BCUT2D eigenvalue weighted by Gasteiger charge is -2.40. The Morgan fingerprint density at radius 1 is 1.11 bits per heavy atom. The second-order valence-corrected chi connectivity index (χ2v) is 11.1. The van der Waals surface area contributed by atoms with E-state index >= 15 is 0 Å². The number of rotatable bonds is 8. The van der Waals surface area contributed by atoms with Gasteiger partial charge in [-0.05, 0) is 61.7 Å². The number of nitrogens with one attached hydrogen (secondary N) is 1. The summed E-state index contributed by atoms with van der Waals surface area (Å²) in [4.78, 5) is 12.1. The number of benzene rings is 2. The van der Waals surface area contributed by atoms with Crippen LogP contribution < -0.4 is 5.32 Å². The summed E-state index contributed by atoms with van der Waals surface area (Å²) in [5, 5.41) is 12.0. The Kier molecular flexibility index (Phi) is 8.85. The van der Waals surface area contributed by atoms with E-state index in [0.717, 1.165) is 4.31 Å². The number of amides is 1. The van der Waals surface area contributed by atoms with E-state index in [0.29, 0.717) is 23.4 Å². The summed E-state index contributed by atoms with van der Waals surface area (Å²) in [7, 11) is -4.29. The van der Waals surface area contributed by atoms with Gasteiger partial charge in [0.05, 0.1) is 17.4 Å². The Bertz CT molecular complexity index is 1110. The summed E-state index contributed by atoms with van der Waals surface area (Å²) in [6.07, 6.45) is -3.71. The highest BCUT2D eigenvalue weighted by Gasteiger charge is 2.50. The molecule has 0 aliphatic heterocycles. The lowest BCUT2D eigenvalue weighted by molar-refractivity contribution is -0.194. The van der Waals surface area contributed by atoms with Crippen molar-refractivity contribution in [2.45, 2.75) is 62.3 Å². The van der Waals surface area contributed by atoms with Crippen molar-refractivity contribution in [3.8, 4) is 0 Å². The average molecular weight is 533 g/mol. The van der Waals surface area contributed by atoms with Gasteiger partial charge in [0.15, 0.2) is 0 Å². The monoisotopic (exact) mass is 532 g/mol. The Morgan fingerprint density at radius 2 is 1.71 bits per heavy atom. The van der Waals surface area contributed by atoms with E-state index in [1.165, 1.54) is 48.5 Å². The van der Waals surface area contributed by atoms with Gasteiger partial charge in [-0.15, -0.1) is 0 Å². The van der Waals surface area contributed by atoms with Crippen LogP contribution in [-0.2, 0) is 16.6 Å². The molecule has 0 aromatic heterocycles. The van der Waals surface area contributed by atoms with E-state index in [1.54, 1.807) is 6.92 Å². The van der Waals surface area contributed by atoms with Crippen LogP contribution in [0.4, 0.5) is 13.2 Å². The van der Waals surface area contributed by atoms with Gasteiger partial charge in [-0.3, -0.25) is 4.79 Å². The number of aliphatic hydroxyl groups is 1. The summed E-state index contributed by atoms with van der Waals surface area (Å²) in [6.45, 7) is 1.12. The number of hydrogen-bond donors (Lipinski definition) is 2. The molecule has 0 bridgehead atoms. The van der Waals surface area contributed by atoms with Gasteiger partial charge >= 0.3 is 6.18 Å². The number of sulfonamides is 1. The normalized spacial score (nSPS) is 20.0. The topological polar surface area (TPSA) is 86.7 Å². The minimum atomic E-state index is -4.54. The quantitative estimate of drug-likeness (QED) is 0.513. The van der Waals surface area contributed by atoms with Gasteiger partial charge in [0.1, 0.15) is 0 Å². The number of hydrogen-bond acceptors (Lipinski definition) is 4. The Balaban J connectivity index is 1.96. The number of carbonyl (C=O) groups excluding carboxylic acids is 1. The van der Waals surface area contributed by atoms with Crippen molar-refractivity contribution in [3.05, 3.63) is 64.7 Å². The molecular weight excluding hydrogens is 505 g/mol. The van der Waals surface area contributed by atoms with Gasteiger partial charge in [-0.25, -0.2) is 8.42 Å². The van der Waals surface area contributed by atoms with E-state index in [2.05, 4.69) is 5.32 Å². The first-order valence-corrected chi connectivity index (χ1v) is 13.1. The van der Waals surface area contributed by atoms with Crippen molar-refractivity contribution < 1.29 is 31.5 Å². The first-order valence-electron chi connectivity index (χ1n) is 11.3. The fourth-order valence-electron chi connectivity index (χ4n) is 4.25. The maximum absolute atomic E-state index is 13.9. The molecule has 0 radical (unpaired) electrons. The van der Waals surface area contributed by atoms with Crippen molar-refractivity contribution in [2.24, 2.45) is 5.92 Å². The lowest BCUT2D eigenvalue weighted by atomic mass is 9.84. The minimum Gasteiger partial charge on any atom is -0.394 e. The highest BCUT2D eigenvalue weighted by atomic mass is 35.5. The Morgan fingerprint density at radius 3 is 2.29 bits per heavy atom. The van der Waals surface area contributed by atoms with Crippen molar-refractivity contribution in [1.82, 2.24) is 9.62 Å². The van der Waals surface area contributed by atoms with Crippen LogP contribution in [0.1, 0.15) is 48.5 Å². The third-order valence-electron chi connectivity index (χ3n) is 6.15. The molecule has 1 saturated carbocycles. The van der Waals surface area contributed by atoms with E-state index < -0.39 is 40.1 Å². The molecule has 2 aromatic carbocycles. The highest BCUT2D eigenvalue weighted by molar-refractivity contribution is 7.89. The van der Waals surface area contributed by atoms with Crippen molar-refractivity contribution in [2.75, 3.05) is 6.61 Å². The largest absolute Gasteiger partial charge is 0.394 e. The van der Waals surface area contributed by atoms with Gasteiger partial charge in [0.2, 0.25) is 10.0 Å². The molecule has 2 N–H and O–H groups in total. The van der Waals surface area contributed by atoms with Gasteiger partial charge in [-0.2, -0.15) is 17.5 Å². The number of carbonyl (C=O) groups is 1. The number of alkyl halides is 3. The predicted octanol–water partition coefficient (Wildman–Crippen LogP) is 4.76. The zero-order valence-corrected chi connectivity index (χ0v) is 20.7. The molecule has 0 saturated heterocycles. The van der Waals surface area contributed by atoms with E-state index in [1.807, 2.05) is 0 Å². The molecule has 2 aromatic rings. The van der Waals surface area contributed by atoms with E-state index in [4.69, 9.17) is 16.7 Å². The minimum absolute atomic E-state index is 0.0938. The SMILES string of the molecule is C[C@@H](CO)NC(=O)c1ccc(CN(C2CCCCC2C(F)(F)F)S(=O)(=O)c2ccc(Cl)cc2)cc1. The van der Waals surface area contributed by atoms with Crippen LogP contribution in [0.3, 0.4) is 0 Å². The average Bonchev–Trinajstić information content (AvgIpc) is 2.82. The van der Waals surface area contributed by atoms with E-state index in [-0.39, 0.29) is 36.5 Å². The number of aliphatic hydroxyl groups excluding tert-OH is 1. The van der Waals surface area contributed by atoms with Crippen LogP contribution in [0.15, 0.2) is 53.4 Å². The molecule has 192 valence electrons. The van der Waals surface area contributed by atoms with E-state index in [9.17, 15) is 26.4 Å². The van der Waals surface area contributed by atoms with Crippen LogP contribution in [0.2, 0.25) is 5.02 Å². The highest BCUT2D eigenvalue weighted by Crippen LogP contribution is 2.42. The van der Waals surface area contributed by atoms with Crippen molar-refractivity contribution >= 4 is 27.5 Å². The second kappa shape index (κ2) is 11.3. The molecule has 3 rings (SSSR count). The first kappa shape index (κ1) is 27.4. The zero-order valence-electron chi connectivity index (χ0n) is 19.1. The summed E-state index contributed by atoms with van der Waals surface area (Å²) < 4.78 is 69.8. The molecule has 1 aliphatic carbocycles. The molecule has 0 heterocycles. The summed E-state index contributed by atoms with van der Waals surface area (Å²) in [5.41, 5.74) is 0.729. The molecule has 11 heteroatoms. The van der Waals surface area contributed by atoms with Gasteiger partial charge in [0, 0.05) is 29.2 Å². The van der Waals surface area contributed by atoms with Crippen molar-refractivity contribution in [1.29, 1.82) is 0 Å². The second-order valence-electron chi connectivity index (χ2n) is 8.76. The van der Waals surface area contributed by atoms with Gasteiger partial charge in [-0.1, -0.05) is 36.6 Å². The number of nitrogens with zero attached hydrogens (tertiary/aromatic N) is 1. The maximum atomic E-state index is 13.9. The maximum Gasteiger partial charge on any atom is 0.393 e. The molecule has 1 fully saturated rings. The fourth-order valence-corrected chi connectivity index (χ4v) is 6.06. The van der Waals surface area contributed by atoms with Crippen LogP contribution >= 0.6 is 11.6 Å². The van der Waals surface area contributed by atoms with Crippen LogP contribution in [0.25, 0.3) is 0 Å². The predicted molar refractivity (Wildman–Crippen MR) is 126 cm³/mol. The first-order chi connectivity index (χ1) is 16.4. The smallest absolute Gasteiger partial charge is 0.393 e. The Hall–Kier alpha value is -2.14. The molecule has 6 nitrogen and oxygen atoms in total. The van der Waals surface area contributed by atoms with Gasteiger partial charge < -0.3 is 10.4 Å². The molecule has 3 atom stereocenters. The third kappa shape index (κ3) is 6.75. The van der Waals surface area contributed by atoms with Crippen LogP contribution in [0.5, 0.6) is 0 Å². The van der Waals surface area contributed by atoms with Crippen LogP contribution in [-0.4, -0.2) is 48.6 Å². The summed E-state index contributed by atoms with van der Waals surface area (Å²) in [6, 6.07) is 9.63. The molecule has 2 unspecified atom stereocenters. The lowest BCUT2D eigenvalue weighted by Crippen LogP contribution is -2.49. The summed E-state index contributed by atoms with van der Waals surface area (Å²) >= 11 is 5.88. The van der Waals surface area contributed by atoms with Crippen molar-refractivity contribution in [3.63, 3.8) is 0 Å². The zero-order chi connectivity index (χ0) is 25.8.